The van der Waals surface area contributed by atoms with Crippen molar-refractivity contribution in [1.29, 1.82) is 5.26 Å². The number of hydrogen-bond donors (Lipinski definition) is 3. The number of phosphoric ester groups is 1. The third kappa shape index (κ3) is 14.2. The largest absolute Gasteiger partial charge is 0.472 e. The second-order valence-electron chi connectivity index (χ2n) is 14.8. The second-order valence-corrected chi connectivity index (χ2v) is 16.3. The lowest BCUT2D eigenvalue weighted by Crippen LogP contribution is -2.41. The molecule has 1 unspecified atom stereocenters. The highest BCUT2D eigenvalue weighted by atomic mass is 31.2. The molecule has 4 rings (SSSR count). The number of aliphatic hydroxyl groups excluding tert-OH is 2. The molecule has 0 radical (unpaired) electrons. The maximum absolute atomic E-state index is 13.4. The molecule has 3 aromatic rings. The predicted octanol–water partition coefficient (Wildman–Crippen LogP) is 8.01. The summed E-state index contributed by atoms with van der Waals surface area (Å²) in [4.78, 5) is 14.7. The Labute approximate surface area is 331 Å². The van der Waals surface area contributed by atoms with Crippen LogP contribution in [0.3, 0.4) is 0 Å². The van der Waals surface area contributed by atoms with E-state index in [4.69, 9.17) is 23.3 Å². The molecule has 56 heavy (non-hydrogen) atoms. The van der Waals surface area contributed by atoms with Crippen molar-refractivity contribution in [3.63, 3.8) is 0 Å². The molecule has 1 saturated heterocycles. The summed E-state index contributed by atoms with van der Waals surface area (Å²) in [7, 11) is -4.75. The quantitative estimate of drug-likeness (QED) is 0.0456. The van der Waals surface area contributed by atoms with Crippen molar-refractivity contribution in [1.82, 2.24) is 14.6 Å². The van der Waals surface area contributed by atoms with Gasteiger partial charge in [-0.05, 0) is 43.2 Å². The first-order valence-corrected chi connectivity index (χ1v) is 21.9. The lowest BCUT2D eigenvalue weighted by Gasteiger charge is -2.24. The van der Waals surface area contributed by atoms with Crippen LogP contribution in [-0.2, 0) is 40.0 Å². The molecule has 312 valence electrons. The Morgan fingerprint density at radius 2 is 1.52 bits per heavy atom. The minimum absolute atomic E-state index is 0.0789. The number of unbranched alkanes of at least 4 members (excludes halogenated alkanes) is 15. The Hall–Kier alpha value is -2.83. The SMILES string of the molecule is CCCCCCCCCCCCCCCCCCOC[C@H](COP(=O)(O)OC[C@H]1O[C@@](C#N)(c2ccc3c(C)ncnn23)[C@H](O)[C@@H]1O)OCc1ccc(F)cc1. The van der Waals surface area contributed by atoms with E-state index in [1.54, 1.807) is 25.1 Å². The molecule has 0 spiro atoms. The Bertz CT molecular complexity index is 1660. The van der Waals surface area contributed by atoms with Crippen LogP contribution in [0.4, 0.5) is 4.39 Å². The molecule has 3 heterocycles. The fourth-order valence-electron chi connectivity index (χ4n) is 6.94. The van der Waals surface area contributed by atoms with Crippen molar-refractivity contribution in [2.24, 2.45) is 0 Å². The summed E-state index contributed by atoms with van der Waals surface area (Å²) < 4.78 is 55.9. The van der Waals surface area contributed by atoms with E-state index < -0.39 is 44.4 Å². The van der Waals surface area contributed by atoms with Crippen molar-refractivity contribution in [3.05, 3.63) is 65.5 Å². The monoisotopic (exact) mass is 804 g/mol. The highest BCUT2D eigenvalue weighted by Gasteiger charge is 2.58. The summed E-state index contributed by atoms with van der Waals surface area (Å²) in [5, 5.41) is 36.1. The van der Waals surface area contributed by atoms with Crippen LogP contribution in [0.15, 0.2) is 42.7 Å². The van der Waals surface area contributed by atoms with Gasteiger partial charge in [-0.2, -0.15) is 10.4 Å². The van der Waals surface area contributed by atoms with E-state index >= 15 is 0 Å². The molecular formula is C41H62FN4O9P. The molecule has 1 aromatic carbocycles. The molecule has 0 saturated carbocycles. The van der Waals surface area contributed by atoms with Gasteiger partial charge in [0.15, 0.2) is 0 Å². The Kier molecular flexibility index (Phi) is 19.8. The Morgan fingerprint density at radius 3 is 2.12 bits per heavy atom. The van der Waals surface area contributed by atoms with Gasteiger partial charge < -0.3 is 29.3 Å². The van der Waals surface area contributed by atoms with Crippen LogP contribution in [0.2, 0.25) is 0 Å². The Morgan fingerprint density at radius 1 is 0.911 bits per heavy atom. The molecule has 3 N–H and O–H groups in total. The normalized spacial score (nSPS) is 21.3. The van der Waals surface area contributed by atoms with E-state index in [1.807, 2.05) is 6.07 Å². The fraction of sp³-hybridized carbons (Fsp3) is 0.683. The van der Waals surface area contributed by atoms with E-state index in [9.17, 15) is 29.3 Å². The number of aliphatic hydroxyl groups is 2. The second kappa shape index (κ2) is 24.2. The van der Waals surface area contributed by atoms with E-state index in [-0.39, 0.29) is 31.3 Å². The summed E-state index contributed by atoms with van der Waals surface area (Å²) in [6.45, 7) is 3.61. The van der Waals surface area contributed by atoms with Crippen molar-refractivity contribution in [2.45, 2.75) is 153 Å². The van der Waals surface area contributed by atoms with Gasteiger partial charge in [0.2, 0.25) is 5.60 Å². The molecule has 0 aliphatic carbocycles. The molecule has 1 aliphatic rings. The number of ether oxygens (including phenoxy) is 3. The van der Waals surface area contributed by atoms with Crippen LogP contribution in [-0.4, -0.2) is 80.5 Å². The van der Waals surface area contributed by atoms with Crippen molar-refractivity contribution < 1.29 is 47.3 Å². The van der Waals surface area contributed by atoms with Crippen LogP contribution in [0.5, 0.6) is 0 Å². The minimum atomic E-state index is -4.75. The number of phosphoric acid groups is 1. The first-order valence-electron chi connectivity index (χ1n) is 20.4. The number of fused-ring (bicyclic) bond motifs is 1. The molecular weight excluding hydrogens is 742 g/mol. The summed E-state index contributed by atoms with van der Waals surface area (Å²) >= 11 is 0. The minimum Gasteiger partial charge on any atom is -0.387 e. The van der Waals surface area contributed by atoms with Crippen LogP contribution in [0.1, 0.15) is 127 Å². The molecule has 1 aliphatic heterocycles. The molecule has 1 fully saturated rings. The number of nitrogens with zero attached hydrogens (tertiary/aromatic N) is 4. The number of nitriles is 1. The lowest BCUT2D eigenvalue weighted by molar-refractivity contribution is -0.0690. The van der Waals surface area contributed by atoms with Crippen LogP contribution < -0.4 is 0 Å². The summed E-state index contributed by atoms with van der Waals surface area (Å²) in [5.74, 6) is -0.379. The first-order chi connectivity index (χ1) is 27.1. The standard InChI is InChI=1S/C41H62FN4O9P/c1-3-4-5-6-7-8-9-10-11-12-13-14-15-16-17-18-25-51-27-35(52-26-33-19-21-34(42)22-20-33)28-53-56(49,50)54-29-37-39(47)40(48)41(30-43,55-37)38-24-23-36-32(2)44-31-45-46(36)38/h19-24,31,35,37,39-40,47-48H,3-18,25-29H2,1-2H3,(H,49,50)/t35-,37-,39-,40-,41+/m1/s1. The molecule has 0 bridgehead atoms. The van der Waals surface area contributed by atoms with Gasteiger partial charge in [0.1, 0.15) is 42.6 Å². The van der Waals surface area contributed by atoms with Gasteiger partial charge in [0, 0.05) is 6.61 Å². The van der Waals surface area contributed by atoms with Gasteiger partial charge in [-0.15, -0.1) is 0 Å². The van der Waals surface area contributed by atoms with Gasteiger partial charge in [-0.25, -0.2) is 18.5 Å². The average Bonchev–Trinajstić information content (AvgIpc) is 3.74. The van der Waals surface area contributed by atoms with Gasteiger partial charge in [0.05, 0.1) is 43.3 Å². The zero-order chi connectivity index (χ0) is 40.2. The first kappa shape index (κ1) is 45.9. The molecule has 0 amide bonds. The summed E-state index contributed by atoms with van der Waals surface area (Å²) in [6.07, 6.45) is 16.2. The smallest absolute Gasteiger partial charge is 0.387 e. The number of rotatable bonds is 29. The third-order valence-electron chi connectivity index (χ3n) is 10.3. The van der Waals surface area contributed by atoms with E-state index in [0.717, 1.165) is 19.3 Å². The number of aromatic nitrogens is 3. The van der Waals surface area contributed by atoms with Gasteiger partial charge in [-0.3, -0.25) is 9.05 Å². The highest BCUT2D eigenvalue weighted by molar-refractivity contribution is 7.47. The van der Waals surface area contributed by atoms with Crippen LogP contribution in [0.25, 0.3) is 5.52 Å². The van der Waals surface area contributed by atoms with E-state index in [2.05, 4.69) is 17.0 Å². The van der Waals surface area contributed by atoms with Gasteiger partial charge in [-0.1, -0.05) is 115 Å². The third-order valence-corrected chi connectivity index (χ3v) is 11.3. The number of halogens is 1. The molecule has 2 aromatic heterocycles. The zero-order valence-electron chi connectivity index (χ0n) is 33.1. The summed E-state index contributed by atoms with van der Waals surface area (Å²) in [6, 6.07) is 10.9. The van der Waals surface area contributed by atoms with Gasteiger partial charge >= 0.3 is 7.82 Å². The van der Waals surface area contributed by atoms with Crippen LogP contribution in [0, 0.1) is 24.1 Å². The topological polar surface area (TPSA) is 178 Å². The molecule has 15 heteroatoms. The lowest BCUT2D eigenvalue weighted by atomic mass is 9.92. The van der Waals surface area contributed by atoms with Crippen molar-refractivity contribution in [3.8, 4) is 6.07 Å². The maximum Gasteiger partial charge on any atom is 0.472 e. The molecule has 13 nitrogen and oxygen atoms in total. The number of aryl methyl sites for hydroxylation is 1. The van der Waals surface area contributed by atoms with E-state index in [0.29, 0.717) is 23.4 Å². The fourth-order valence-corrected chi connectivity index (χ4v) is 7.71. The van der Waals surface area contributed by atoms with Crippen molar-refractivity contribution in [2.75, 3.05) is 26.4 Å². The molecule has 6 atom stereocenters. The Balaban J connectivity index is 1.17. The van der Waals surface area contributed by atoms with Crippen molar-refractivity contribution >= 4 is 13.3 Å². The van der Waals surface area contributed by atoms with Gasteiger partial charge in [0.25, 0.3) is 0 Å². The highest BCUT2D eigenvalue weighted by Crippen LogP contribution is 2.46. The zero-order valence-corrected chi connectivity index (χ0v) is 34.0. The predicted molar refractivity (Wildman–Crippen MR) is 209 cm³/mol. The number of benzene rings is 1. The van der Waals surface area contributed by atoms with Crippen LogP contribution >= 0.6 is 7.82 Å². The maximum atomic E-state index is 13.4. The van der Waals surface area contributed by atoms with E-state index in [1.165, 1.54) is 113 Å². The summed E-state index contributed by atoms with van der Waals surface area (Å²) in [5.41, 5.74) is -0.0123. The average molecular weight is 805 g/mol. The number of hydrogen-bond acceptors (Lipinski definition) is 11.